The fourth-order valence-electron chi connectivity index (χ4n) is 4.80. The highest BCUT2D eigenvalue weighted by molar-refractivity contribution is 4.66. The summed E-state index contributed by atoms with van der Waals surface area (Å²) in [5.41, 5.74) is 0. The molecule has 2 nitrogen and oxygen atoms in total. The Balaban J connectivity index is 1.79. The van der Waals surface area contributed by atoms with E-state index in [1.54, 1.807) is 0 Å². The van der Waals surface area contributed by atoms with Gasteiger partial charge in [-0.25, -0.2) is 9.13 Å². The normalized spacial score (nSPS) is 11.4. The molecule has 0 unspecified atom stereocenters. The van der Waals surface area contributed by atoms with Crippen LogP contribution in [-0.2, 0) is 13.1 Å². The molecule has 0 amide bonds. The quantitative estimate of drug-likeness (QED) is 0.104. The van der Waals surface area contributed by atoms with Gasteiger partial charge in [-0.15, -0.1) is 0 Å². The van der Waals surface area contributed by atoms with Crippen LogP contribution in [0.25, 0.3) is 0 Å². The molecule has 0 aliphatic rings. The zero-order valence-electron chi connectivity index (χ0n) is 22.3. The summed E-state index contributed by atoms with van der Waals surface area (Å²) in [5.74, 6) is 0. The van der Waals surface area contributed by atoms with Crippen LogP contribution in [0.1, 0.15) is 162 Å². The first-order valence-corrected chi connectivity index (χ1v) is 14.9. The fourth-order valence-corrected chi connectivity index (χ4v) is 4.80. The van der Waals surface area contributed by atoms with Crippen molar-refractivity contribution >= 4 is 0 Å². The molecule has 2 heteroatoms. The Morgan fingerprint density at radius 3 is 1.28 bits per heavy atom. The molecule has 0 atom stereocenters. The highest BCUT2D eigenvalue weighted by Crippen LogP contribution is 2.14. The number of rotatable bonds is 25. The second kappa shape index (κ2) is 23.4. The second-order valence-electron chi connectivity index (χ2n) is 10.3. The lowest BCUT2D eigenvalue weighted by Crippen LogP contribution is -2.30. The van der Waals surface area contributed by atoms with Gasteiger partial charge in [0.2, 0.25) is 6.33 Å². The Labute approximate surface area is 202 Å². The molecule has 1 heterocycles. The van der Waals surface area contributed by atoms with Gasteiger partial charge in [0.25, 0.3) is 0 Å². The zero-order valence-corrected chi connectivity index (χ0v) is 22.3. The molecule has 0 radical (unpaired) electrons. The summed E-state index contributed by atoms with van der Waals surface area (Å²) in [7, 11) is 0. The molecule has 0 bridgehead atoms. The van der Waals surface area contributed by atoms with Gasteiger partial charge in [-0.05, 0) is 25.7 Å². The minimum Gasteiger partial charge on any atom is -0.237 e. The topological polar surface area (TPSA) is 8.81 Å². The van der Waals surface area contributed by atoms with Crippen molar-refractivity contribution in [1.29, 1.82) is 0 Å². The van der Waals surface area contributed by atoms with Crippen molar-refractivity contribution in [2.75, 3.05) is 0 Å². The van der Waals surface area contributed by atoms with Crippen LogP contribution in [0, 0.1) is 0 Å². The van der Waals surface area contributed by atoms with E-state index in [0.29, 0.717) is 0 Å². The molecule has 0 saturated carbocycles. The third-order valence-electron chi connectivity index (χ3n) is 7.04. The van der Waals surface area contributed by atoms with Crippen LogP contribution in [0.5, 0.6) is 0 Å². The summed E-state index contributed by atoms with van der Waals surface area (Å²) >= 11 is 0. The average molecular weight is 448 g/mol. The molecule has 1 aromatic heterocycles. The van der Waals surface area contributed by atoms with Crippen molar-refractivity contribution in [2.24, 2.45) is 0 Å². The van der Waals surface area contributed by atoms with Gasteiger partial charge in [-0.1, -0.05) is 136 Å². The zero-order chi connectivity index (χ0) is 23.0. The van der Waals surface area contributed by atoms with Crippen LogP contribution in [0.3, 0.4) is 0 Å². The summed E-state index contributed by atoms with van der Waals surface area (Å²) in [6.07, 6.45) is 39.7. The van der Waals surface area contributed by atoms with Crippen molar-refractivity contribution in [3.05, 3.63) is 18.7 Å². The number of imidazole rings is 1. The maximum absolute atomic E-state index is 2.39. The van der Waals surface area contributed by atoms with Gasteiger partial charge in [0, 0.05) is 0 Å². The monoisotopic (exact) mass is 447 g/mol. The van der Waals surface area contributed by atoms with E-state index >= 15 is 0 Å². The van der Waals surface area contributed by atoms with Crippen LogP contribution in [0.4, 0.5) is 0 Å². The molecule has 0 spiro atoms. The summed E-state index contributed by atoms with van der Waals surface area (Å²) < 4.78 is 4.77. The first kappa shape index (κ1) is 29.2. The molecule has 1 aromatic rings. The minimum atomic E-state index is 1.19. The van der Waals surface area contributed by atoms with Crippen molar-refractivity contribution in [1.82, 2.24) is 4.57 Å². The maximum Gasteiger partial charge on any atom is 0.243 e. The molecule has 0 fully saturated rings. The van der Waals surface area contributed by atoms with Gasteiger partial charge in [0.05, 0.1) is 13.1 Å². The highest BCUT2D eigenvalue weighted by Gasteiger charge is 2.03. The van der Waals surface area contributed by atoms with Crippen LogP contribution in [-0.4, -0.2) is 4.57 Å². The predicted molar refractivity (Wildman–Crippen MR) is 142 cm³/mol. The van der Waals surface area contributed by atoms with Crippen molar-refractivity contribution in [3.63, 3.8) is 0 Å². The van der Waals surface area contributed by atoms with Gasteiger partial charge in [-0.2, -0.15) is 0 Å². The average Bonchev–Trinajstić information content (AvgIpc) is 3.26. The lowest BCUT2D eigenvalue weighted by molar-refractivity contribution is -0.696. The Morgan fingerprint density at radius 1 is 0.469 bits per heavy atom. The number of aromatic nitrogens is 2. The molecule has 0 N–H and O–H groups in total. The number of aryl methyl sites for hydroxylation is 2. The van der Waals surface area contributed by atoms with E-state index in [9.17, 15) is 0 Å². The van der Waals surface area contributed by atoms with Gasteiger partial charge in [0.1, 0.15) is 12.4 Å². The van der Waals surface area contributed by atoms with E-state index in [1.807, 2.05) is 0 Å². The highest BCUT2D eigenvalue weighted by atomic mass is 15.1. The number of nitrogens with zero attached hydrogens (tertiary/aromatic N) is 2. The van der Waals surface area contributed by atoms with Crippen LogP contribution in [0.2, 0.25) is 0 Å². The van der Waals surface area contributed by atoms with E-state index < -0.39 is 0 Å². The number of unbranched alkanes of at least 4 members (excludes halogenated alkanes) is 21. The first-order valence-electron chi connectivity index (χ1n) is 14.9. The Morgan fingerprint density at radius 2 is 0.844 bits per heavy atom. The number of hydrogen-bond donors (Lipinski definition) is 0. The molecule has 0 aromatic carbocycles. The molecule has 1 rings (SSSR count). The van der Waals surface area contributed by atoms with E-state index in [2.05, 4.69) is 41.7 Å². The summed E-state index contributed by atoms with van der Waals surface area (Å²) in [6.45, 7) is 6.98. The second-order valence-corrected chi connectivity index (χ2v) is 10.3. The van der Waals surface area contributed by atoms with Crippen molar-refractivity contribution in [2.45, 2.75) is 175 Å². The maximum atomic E-state index is 2.39. The summed E-state index contributed by atoms with van der Waals surface area (Å²) in [5, 5.41) is 0. The van der Waals surface area contributed by atoms with Crippen molar-refractivity contribution < 1.29 is 4.57 Å². The summed E-state index contributed by atoms with van der Waals surface area (Å²) in [4.78, 5) is 0. The molecule has 188 valence electrons. The lowest BCUT2D eigenvalue weighted by atomic mass is 10.0. The number of hydrogen-bond acceptors (Lipinski definition) is 0. The van der Waals surface area contributed by atoms with Gasteiger partial charge < -0.3 is 0 Å². The predicted octanol–water partition coefficient (Wildman–Crippen LogP) is 9.79. The molecule has 0 saturated heterocycles. The Bertz CT molecular complexity index is 479. The smallest absolute Gasteiger partial charge is 0.237 e. The molecule has 0 aliphatic carbocycles. The standard InChI is InChI=1S/C30H59N2/c1-3-5-7-9-11-12-13-14-15-16-17-18-19-20-21-23-25-27-32-29-28-31(30-32)26-24-22-10-8-6-4-2/h28-30H,3-27H2,1-2H3/q+1. The van der Waals surface area contributed by atoms with Crippen molar-refractivity contribution in [3.8, 4) is 0 Å². The lowest BCUT2D eigenvalue weighted by Gasteiger charge is -2.03. The SMILES string of the molecule is CCCCCCCCCCCCCCCCCCC[n+]1ccn(CCCCCCCC)c1. The van der Waals surface area contributed by atoms with Crippen LogP contribution >= 0.6 is 0 Å². The first-order chi connectivity index (χ1) is 15.9. The molecule has 0 aliphatic heterocycles. The van der Waals surface area contributed by atoms with Gasteiger partial charge >= 0.3 is 0 Å². The van der Waals surface area contributed by atoms with Crippen LogP contribution < -0.4 is 4.57 Å². The van der Waals surface area contributed by atoms with E-state index in [1.165, 1.54) is 161 Å². The third kappa shape index (κ3) is 18.8. The summed E-state index contributed by atoms with van der Waals surface area (Å²) in [6, 6.07) is 0. The van der Waals surface area contributed by atoms with Gasteiger partial charge in [0.15, 0.2) is 0 Å². The van der Waals surface area contributed by atoms with Gasteiger partial charge in [-0.3, -0.25) is 0 Å². The van der Waals surface area contributed by atoms with E-state index in [0.717, 1.165) is 0 Å². The molecular formula is C30H59N2+. The largest absolute Gasteiger partial charge is 0.243 e. The Kier molecular flexibility index (Phi) is 21.4. The Hall–Kier alpha value is -0.790. The molecule has 32 heavy (non-hydrogen) atoms. The fraction of sp³-hybridized carbons (Fsp3) is 0.900. The van der Waals surface area contributed by atoms with E-state index in [-0.39, 0.29) is 0 Å². The minimum absolute atomic E-state index is 1.19. The third-order valence-corrected chi connectivity index (χ3v) is 7.04. The van der Waals surface area contributed by atoms with E-state index in [4.69, 9.17) is 0 Å². The van der Waals surface area contributed by atoms with Crippen LogP contribution in [0.15, 0.2) is 18.7 Å². The molecular weight excluding hydrogens is 388 g/mol.